The van der Waals surface area contributed by atoms with Crippen molar-refractivity contribution in [3.05, 3.63) is 48.0 Å². The Bertz CT molecular complexity index is 682. The lowest BCUT2D eigenvalue weighted by molar-refractivity contribution is 0.0951. The zero-order valence-corrected chi connectivity index (χ0v) is 14.6. The fraction of sp³-hybridized carbons (Fsp3) is 0.476. The molecule has 0 aliphatic carbocycles. The van der Waals surface area contributed by atoms with Gasteiger partial charge >= 0.3 is 0 Å². The number of rotatable bonds is 6. The number of amides is 1. The molecule has 1 amide bonds. The Morgan fingerprint density at radius 2 is 1.96 bits per heavy atom. The van der Waals surface area contributed by atoms with E-state index in [9.17, 15) is 4.79 Å². The molecule has 0 radical (unpaired) electrons. The molecule has 1 unspecified atom stereocenters. The van der Waals surface area contributed by atoms with E-state index in [4.69, 9.17) is 0 Å². The molecule has 1 fully saturated rings. The van der Waals surface area contributed by atoms with Crippen LogP contribution in [0.5, 0.6) is 0 Å². The number of benzene rings is 2. The molecule has 1 N–H and O–H groups in total. The zero-order chi connectivity index (χ0) is 16.8. The van der Waals surface area contributed by atoms with Crippen molar-refractivity contribution in [2.45, 2.75) is 45.1 Å². The minimum atomic E-state index is 0.0343. The van der Waals surface area contributed by atoms with E-state index in [0.29, 0.717) is 0 Å². The van der Waals surface area contributed by atoms with E-state index < -0.39 is 0 Å². The molecular weight excluding hydrogens is 296 g/mol. The van der Waals surface area contributed by atoms with Crippen molar-refractivity contribution in [3.63, 3.8) is 0 Å². The average Bonchev–Trinajstić information content (AvgIpc) is 2.62. The summed E-state index contributed by atoms with van der Waals surface area (Å²) in [6, 6.07) is 14.8. The van der Waals surface area contributed by atoms with Crippen molar-refractivity contribution >= 4 is 16.7 Å². The van der Waals surface area contributed by atoms with Gasteiger partial charge in [0.25, 0.3) is 5.91 Å². The predicted molar refractivity (Wildman–Crippen MR) is 100 cm³/mol. The fourth-order valence-electron chi connectivity index (χ4n) is 3.56. The van der Waals surface area contributed by atoms with E-state index in [1.165, 1.54) is 31.2 Å². The second kappa shape index (κ2) is 8.29. The summed E-state index contributed by atoms with van der Waals surface area (Å²) in [6.45, 7) is 5.49. The van der Waals surface area contributed by atoms with Crippen molar-refractivity contribution in [2.75, 3.05) is 19.6 Å². The first kappa shape index (κ1) is 17.0. The molecule has 1 heterocycles. The summed E-state index contributed by atoms with van der Waals surface area (Å²) in [5.74, 6) is 0.0343. The zero-order valence-electron chi connectivity index (χ0n) is 14.6. The van der Waals surface area contributed by atoms with Gasteiger partial charge in [-0.15, -0.1) is 0 Å². The Labute approximate surface area is 145 Å². The fourth-order valence-corrected chi connectivity index (χ4v) is 3.56. The molecular formula is C21H28N2O. The third kappa shape index (κ3) is 4.35. The largest absolute Gasteiger partial charge is 0.352 e. The van der Waals surface area contributed by atoms with Crippen LogP contribution in [0.25, 0.3) is 10.8 Å². The van der Waals surface area contributed by atoms with Crippen molar-refractivity contribution in [3.8, 4) is 0 Å². The molecule has 2 aromatic carbocycles. The summed E-state index contributed by atoms with van der Waals surface area (Å²) < 4.78 is 0. The first-order valence-corrected chi connectivity index (χ1v) is 9.25. The number of carbonyl (C=O) groups is 1. The number of unbranched alkanes of at least 4 members (excludes halogenated alkanes) is 1. The quantitative estimate of drug-likeness (QED) is 0.807. The molecule has 3 heteroatoms. The standard InChI is InChI=1S/C21H28N2O/c1-17-8-4-6-14-23(17)15-7-5-13-22-21(24)20-12-11-18-9-2-3-10-19(18)16-20/h2-3,9-12,16-17H,4-8,13-15H2,1H3,(H,22,24). The smallest absolute Gasteiger partial charge is 0.251 e. The van der Waals surface area contributed by atoms with Gasteiger partial charge in [0.2, 0.25) is 0 Å². The van der Waals surface area contributed by atoms with Crippen LogP contribution in [-0.2, 0) is 0 Å². The highest BCUT2D eigenvalue weighted by Crippen LogP contribution is 2.17. The third-order valence-corrected chi connectivity index (χ3v) is 5.11. The van der Waals surface area contributed by atoms with E-state index in [2.05, 4.69) is 23.2 Å². The number of hydrogen-bond donors (Lipinski definition) is 1. The van der Waals surface area contributed by atoms with Gasteiger partial charge in [-0.25, -0.2) is 0 Å². The van der Waals surface area contributed by atoms with E-state index >= 15 is 0 Å². The van der Waals surface area contributed by atoms with Gasteiger partial charge in [0, 0.05) is 18.2 Å². The molecule has 0 bridgehead atoms. The van der Waals surface area contributed by atoms with E-state index in [0.717, 1.165) is 42.9 Å². The van der Waals surface area contributed by atoms with Crippen molar-refractivity contribution < 1.29 is 4.79 Å². The van der Waals surface area contributed by atoms with E-state index in [-0.39, 0.29) is 5.91 Å². The highest BCUT2D eigenvalue weighted by atomic mass is 16.1. The molecule has 1 aliphatic rings. The van der Waals surface area contributed by atoms with E-state index in [1.807, 2.05) is 36.4 Å². The Morgan fingerprint density at radius 3 is 2.79 bits per heavy atom. The molecule has 1 saturated heterocycles. The lowest BCUT2D eigenvalue weighted by atomic mass is 10.0. The number of fused-ring (bicyclic) bond motifs is 1. The maximum absolute atomic E-state index is 12.3. The van der Waals surface area contributed by atoms with Crippen LogP contribution in [0.1, 0.15) is 49.4 Å². The number of piperidine rings is 1. The van der Waals surface area contributed by atoms with Crippen LogP contribution in [0.15, 0.2) is 42.5 Å². The highest BCUT2D eigenvalue weighted by Gasteiger charge is 2.17. The van der Waals surface area contributed by atoms with E-state index in [1.54, 1.807) is 0 Å². The molecule has 1 aliphatic heterocycles. The normalized spacial score (nSPS) is 18.6. The Hall–Kier alpha value is -1.87. The molecule has 0 spiro atoms. The topological polar surface area (TPSA) is 32.3 Å². The first-order chi connectivity index (χ1) is 11.7. The summed E-state index contributed by atoms with van der Waals surface area (Å²) in [6.07, 6.45) is 6.24. The van der Waals surface area contributed by atoms with Gasteiger partial charge < -0.3 is 10.2 Å². The lowest BCUT2D eigenvalue weighted by Crippen LogP contribution is -2.38. The minimum Gasteiger partial charge on any atom is -0.352 e. The van der Waals surface area contributed by atoms with Crippen LogP contribution >= 0.6 is 0 Å². The number of hydrogen-bond acceptors (Lipinski definition) is 2. The first-order valence-electron chi connectivity index (χ1n) is 9.25. The molecule has 3 nitrogen and oxygen atoms in total. The predicted octanol–water partition coefficient (Wildman–Crippen LogP) is 4.22. The number of nitrogens with zero attached hydrogens (tertiary/aromatic N) is 1. The maximum Gasteiger partial charge on any atom is 0.251 e. The molecule has 0 saturated carbocycles. The minimum absolute atomic E-state index is 0.0343. The molecule has 24 heavy (non-hydrogen) atoms. The van der Waals surface area contributed by atoms with Crippen LogP contribution in [0, 0.1) is 0 Å². The summed E-state index contributed by atoms with van der Waals surface area (Å²) in [7, 11) is 0. The number of carbonyl (C=O) groups excluding carboxylic acids is 1. The van der Waals surface area contributed by atoms with Gasteiger partial charge in [-0.3, -0.25) is 4.79 Å². The Balaban J connectivity index is 1.41. The molecule has 0 aromatic heterocycles. The highest BCUT2D eigenvalue weighted by molar-refractivity contribution is 5.98. The Kier molecular flexibility index (Phi) is 5.86. The van der Waals surface area contributed by atoms with Gasteiger partial charge in [-0.05, 0) is 68.6 Å². The van der Waals surface area contributed by atoms with Gasteiger partial charge in [0.05, 0.1) is 0 Å². The lowest BCUT2D eigenvalue weighted by Gasteiger charge is -2.33. The molecule has 3 rings (SSSR count). The molecule has 128 valence electrons. The van der Waals surface area contributed by atoms with Gasteiger partial charge in [-0.1, -0.05) is 36.8 Å². The summed E-state index contributed by atoms with van der Waals surface area (Å²) in [5.41, 5.74) is 0.748. The SMILES string of the molecule is CC1CCCCN1CCCCNC(=O)c1ccc2ccccc2c1. The van der Waals surface area contributed by atoms with Gasteiger partial charge in [0.1, 0.15) is 0 Å². The average molecular weight is 324 g/mol. The van der Waals surface area contributed by atoms with Crippen molar-refractivity contribution in [1.82, 2.24) is 10.2 Å². The van der Waals surface area contributed by atoms with Crippen LogP contribution in [-0.4, -0.2) is 36.5 Å². The van der Waals surface area contributed by atoms with Gasteiger partial charge in [0.15, 0.2) is 0 Å². The second-order valence-electron chi connectivity index (χ2n) is 6.91. The summed E-state index contributed by atoms with van der Waals surface area (Å²) in [4.78, 5) is 14.9. The van der Waals surface area contributed by atoms with Crippen molar-refractivity contribution in [1.29, 1.82) is 0 Å². The second-order valence-corrected chi connectivity index (χ2v) is 6.91. The van der Waals surface area contributed by atoms with Crippen LogP contribution in [0.3, 0.4) is 0 Å². The Morgan fingerprint density at radius 1 is 1.12 bits per heavy atom. The summed E-state index contributed by atoms with van der Waals surface area (Å²) >= 11 is 0. The van der Waals surface area contributed by atoms with Crippen LogP contribution in [0.4, 0.5) is 0 Å². The number of nitrogens with one attached hydrogen (secondary N) is 1. The summed E-state index contributed by atoms with van der Waals surface area (Å²) in [5, 5.41) is 5.34. The molecule has 2 aromatic rings. The van der Waals surface area contributed by atoms with Crippen LogP contribution < -0.4 is 5.32 Å². The monoisotopic (exact) mass is 324 g/mol. The third-order valence-electron chi connectivity index (χ3n) is 5.11. The van der Waals surface area contributed by atoms with Crippen LogP contribution in [0.2, 0.25) is 0 Å². The van der Waals surface area contributed by atoms with Gasteiger partial charge in [-0.2, -0.15) is 0 Å². The molecule has 1 atom stereocenters. The number of likely N-dealkylation sites (tertiary alicyclic amines) is 1. The maximum atomic E-state index is 12.3. The van der Waals surface area contributed by atoms with Crippen molar-refractivity contribution in [2.24, 2.45) is 0 Å².